The number of hydrazine groups is 1. The number of amides is 1. The van der Waals surface area contributed by atoms with Crippen LogP contribution in [0, 0.1) is 13.8 Å². The van der Waals surface area contributed by atoms with Gasteiger partial charge in [-0.2, -0.15) is 5.10 Å². The first-order chi connectivity index (χ1) is 17.1. The number of ether oxygens (including phenoxy) is 2. The molecular weight excluding hydrogens is 462 g/mol. The molecule has 4 aromatic rings. The van der Waals surface area contributed by atoms with Crippen LogP contribution in [0.1, 0.15) is 58.0 Å². The zero-order valence-electron chi connectivity index (χ0n) is 21.0. The second-order valence-corrected chi connectivity index (χ2v) is 9.56. The number of aromatic nitrogens is 3. The van der Waals surface area contributed by atoms with Crippen molar-refractivity contribution in [1.29, 1.82) is 0 Å². The molecule has 0 atom stereocenters. The fourth-order valence-electron chi connectivity index (χ4n) is 4.69. The number of furan rings is 1. The molecular formula is C26H27N5O5. The van der Waals surface area contributed by atoms with Gasteiger partial charge in [-0.05, 0) is 54.7 Å². The lowest BCUT2D eigenvalue weighted by Crippen LogP contribution is -2.29. The number of rotatable bonds is 6. The summed E-state index contributed by atoms with van der Waals surface area (Å²) in [6.07, 6.45) is 0.425. The number of Topliss-reactive ketones (excluding diaryl/α,β-unsaturated/α-hetero) is 1. The lowest BCUT2D eigenvalue weighted by Gasteiger charge is -2.19. The van der Waals surface area contributed by atoms with E-state index in [1.165, 1.54) is 13.2 Å². The second-order valence-electron chi connectivity index (χ2n) is 9.56. The van der Waals surface area contributed by atoms with Crippen LogP contribution in [0.4, 0.5) is 5.82 Å². The molecule has 2 N–H and O–H groups in total. The number of nitrogens with one attached hydrogen (secondary N) is 2. The van der Waals surface area contributed by atoms with Crippen LogP contribution in [0.3, 0.4) is 0 Å². The van der Waals surface area contributed by atoms with Crippen molar-refractivity contribution in [2.24, 2.45) is 7.05 Å². The molecule has 3 heterocycles. The van der Waals surface area contributed by atoms with E-state index in [2.05, 4.69) is 20.9 Å². The molecule has 5 rings (SSSR count). The molecule has 10 heteroatoms. The van der Waals surface area contributed by atoms with Gasteiger partial charge >= 0.3 is 5.91 Å². The quantitative estimate of drug-likeness (QED) is 0.377. The van der Waals surface area contributed by atoms with E-state index in [1.54, 1.807) is 22.9 Å². The molecule has 0 fully saturated rings. The Hall–Kier alpha value is -4.34. The number of ketones is 1. The molecule has 0 spiro atoms. The summed E-state index contributed by atoms with van der Waals surface area (Å²) >= 11 is 0. The van der Waals surface area contributed by atoms with Gasteiger partial charge in [-0.1, -0.05) is 13.8 Å². The number of benzene rings is 1. The highest BCUT2D eigenvalue weighted by Gasteiger charge is 2.37. The van der Waals surface area contributed by atoms with Crippen molar-refractivity contribution >= 4 is 28.5 Å². The number of aryl methyl sites for hydroxylation is 3. The maximum Gasteiger partial charge on any atom is 0.305 e. The van der Waals surface area contributed by atoms with Crippen LogP contribution in [0.5, 0.6) is 17.4 Å². The predicted molar refractivity (Wildman–Crippen MR) is 133 cm³/mol. The van der Waals surface area contributed by atoms with E-state index in [4.69, 9.17) is 13.9 Å². The van der Waals surface area contributed by atoms with E-state index < -0.39 is 5.91 Å². The maximum absolute atomic E-state index is 12.7. The molecule has 1 aliphatic carbocycles. The first kappa shape index (κ1) is 23.4. The largest absolute Gasteiger partial charge is 0.493 e. The average molecular weight is 490 g/mol. The van der Waals surface area contributed by atoms with Crippen LogP contribution in [0.15, 0.2) is 34.7 Å². The maximum atomic E-state index is 12.7. The van der Waals surface area contributed by atoms with Gasteiger partial charge < -0.3 is 13.9 Å². The number of anilines is 1. The number of nitrogens with zero attached hydrogens (tertiary/aromatic N) is 3. The topological polar surface area (TPSA) is 121 Å². The van der Waals surface area contributed by atoms with E-state index in [1.807, 2.05) is 40.8 Å². The van der Waals surface area contributed by atoms with Gasteiger partial charge in [0, 0.05) is 30.5 Å². The molecule has 1 aliphatic rings. The highest BCUT2D eigenvalue weighted by atomic mass is 16.6. The van der Waals surface area contributed by atoms with Gasteiger partial charge in [0.2, 0.25) is 0 Å². The van der Waals surface area contributed by atoms with Crippen molar-refractivity contribution in [3.05, 3.63) is 58.5 Å². The molecule has 0 unspecified atom stereocenters. The third kappa shape index (κ3) is 3.94. The molecule has 1 amide bonds. The van der Waals surface area contributed by atoms with E-state index in [0.29, 0.717) is 34.9 Å². The summed E-state index contributed by atoms with van der Waals surface area (Å²) in [5.41, 5.74) is 9.24. The minimum atomic E-state index is -0.502. The number of hydrogen-bond donors (Lipinski definition) is 2. The highest BCUT2D eigenvalue weighted by Crippen LogP contribution is 2.44. The minimum Gasteiger partial charge on any atom is -0.493 e. The number of carbonyl (C=O) groups is 2. The lowest BCUT2D eigenvalue weighted by molar-refractivity contribution is 0.0928. The predicted octanol–water partition coefficient (Wildman–Crippen LogP) is 4.60. The molecule has 186 valence electrons. The Labute approximate surface area is 207 Å². The second kappa shape index (κ2) is 8.40. The van der Waals surface area contributed by atoms with Crippen LogP contribution < -0.4 is 20.3 Å². The molecule has 0 bridgehead atoms. The Bertz CT molecular complexity index is 1530. The summed E-state index contributed by atoms with van der Waals surface area (Å²) in [6.45, 7) is 7.92. The molecule has 0 aliphatic heterocycles. The van der Waals surface area contributed by atoms with Crippen LogP contribution in [0.2, 0.25) is 0 Å². The van der Waals surface area contributed by atoms with E-state index in [9.17, 15) is 9.59 Å². The first-order valence-electron chi connectivity index (χ1n) is 11.5. The van der Waals surface area contributed by atoms with Gasteiger partial charge in [-0.3, -0.25) is 25.1 Å². The van der Waals surface area contributed by atoms with Gasteiger partial charge in [0.25, 0.3) is 5.95 Å². The minimum absolute atomic E-state index is 0.0438. The van der Waals surface area contributed by atoms with Crippen molar-refractivity contribution in [2.75, 3.05) is 12.5 Å². The monoisotopic (exact) mass is 489 g/mol. The summed E-state index contributed by atoms with van der Waals surface area (Å²) in [4.78, 5) is 29.6. The van der Waals surface area contributed by atoms with E-state index in [-0.39, 0.29) is 22.9 Å². The average Bonchev–Trinajstić information content (AvgIpc) is 3.46. The number of hydrogen-bond acceptors (Lipinski definition) is 8. The summed E-state index contributed by atoms with van der Waals surface area (Å²) in [5, 5.41) is 5.38. The number of carbonyl (C=O) groups excluding carboxylic acids is 2. The molecule has 1 aromatic carbocycles. The van der Waals surface area contributed by atoms with Crippen molar-refractivity contribution < 1.29 is 23.5 Å². The summed E-state index contributed by atoms with van der Waals surface area (Å²) in [6, 6.07) is 8.38. The molecule has 0 radical (unpaired) electrons. The number of pyridine rings is 1. The smallest absolute Gasteiger partial charge is 0.305 e. The van der Waals surface area contributed by atoms with Gasteiger partial charge in [0.05, 0.1) is 12.8 Å². The Morgan fingerprint density at radius 2 is 1.94 bits per heavy atom. The molecule has 0 saturated heterocycles. The highest BCUT2D eigenvalue weighted by molar-refractivity contribution is 6.02. The number of methoxy groups -OCH3 is 1. The Kier molecular flexibility index (Phi) is 5.46. The van der Waals surface area contributed by atoms with Crippen LogP contribution in [0.25, 0.3) is 11.0 Å². The first-order valence-corrected chi connectivity index (χ1v) is 11.5. The SMILES string of the molecule is COc1cc2c(cc1Oc1ccc(C(=O)NNc3cc(C)c4c(C)nn(C)c4n3)o1)C(C)(C)CC2=O. The van der Waals surface area contributed by atoms with E-state index in [0.717, 1.165) is 22.2 Å². The Balaban J connectivity index is 1.32. The molecule has 10 nitrogen and oxygen atoms in total. The fraction of sp³-hybridized carbons (Fsp3) is 0.308. The molecule has 3 aromatic heterocycles. The lowest BCUT2D eigenvalue weighted by atomic mass is 9.86. The summed E-state index contributed by atoms with van der Waals surface area (Å²) in [7, 11) is 3.33. The van der Waals surface area contributed by atoms with Crippen molar-refractivity contribution in [2.45, 2.75) is 39.5 Å². The van der Waals surface area contributed by atoms with Gasteiger partial charge in [0.15, 0.2) is 28.7 Å². The van der Waals surface area contributed by atoms with Crippen LogP contribution >= 0.6 is 0 Å². The Morgan fingerprint density at radius 3 is 2.69 bits per heavy atom. The van der Waals surface area contributed by atoms with Crippen LogP contribution in [-0.4, -0.2) is 33.6 Å². The van der Waals surface area contributed by atoms with Crippen molar-refractivity contribution in [3.8, 4) is 17.4 Å². The number of fused-ring (bicyclic) bond motifs is 2. The standard InChI is InChI=1S/C26H27N5O5/c1-13-9-21(27-24-23(13)14(2)30-31(24)5)28-29-25(33)18-7-8-22(35-18)36-20-11-16-15(10-19(20)34-6)17(32)12-26(16,3)4/h7-11H,12H2,1-6H3,(H,27,28)(H,29,33). The van der Waals surface area contributed by atoms with Gasteiger partial charge in [0.1, 0.15) is 5.82 Å². The zero-order valence-corrected chi connectivity index (χ0v) is 21.0. The third-order valence-corrected chi connectivity index (χ3v) is 6.42. The fourth-order valence-corrected chi connectivity index (χ4v) is 4.69. The van der Waals surface area contributed by atoms with Gasteiger partial charge in [-0.25, -0.2) is 4.98 Å². The summed E-state index contributed by atoms with van der Waals surface area (Å²) < 4.78 is 18.6. The zero-order chi connectivity index (χ0) is 25.8. The molecule has 36 heavy (non-hydrogen) atoms. The van der Waals surface area contributed by atoms with Gasteiger partial charge in [-0.15, -0.1) is 0 Å². The van der Waals surface area contributed by atoms with Crippen molar-refractivity contribution in [1.82, 2.24) is 20.2 Å². The Morgan fingerprint density at radius 1 is 1.17 bits per heavy atom. The summed E-state index contributed by atoms with van der Waals surface area (Å²) in [5.74, 6) is 1.01. The van der Waals surface area contributed by atoms with E-state index >= 15 is 0 Å². The van der Waals surface area contributed by atoms with Crippen molar-refractivity contribution in [3.63, 3.8) is 0 Å². The normalized spacial score (nSPS) is 14.1. The van der Waals surface area contributed by atoms with Crippen LogP contribution in [-0.2, 0) is 12.5 Å². The molecule has 0 saturated carbocycles. The third-order valence-electron chi connectivity index (χ3n) is 6.42.